The average molecular weight is 404 g/mol. The van der Waals surface area contributed by atoms with Gasteiger partial charge in [0, 0.05) is 55.2 Å². The molecular weight excluding hydrogens is 377 g/mol. The molecule has 0 radical (unpaired) electrons. The minimum absolute atomic E-state index is 0.107. The number of carbonyl (C=O) groups excluding carboxylic acids is 1. The van der Waals surface area contributed by atoms with E-state index in [-0.39, 0.29) is 11.7 Å². The second-order valence-corrected chi connectivity index (χ2v) is 7.72. The molecule has 1 saturated heterocycles. The Kier molecular flexibility index (Phi) is 6.10. The normalized spacial score (nSPS) is 14.5. The Balaban J connectivity index is 1.31. The molecule has 0 atom stereocenters. The van der Waals surface area contributed by atoms with Gasteiger partial charge < -0.3 is 10.2 Å². The first kappa shape index (κ1) is 20.1. The zero-order valence-corrected chi connectivity index (χ0v) is 17.1. The van der Waals surface area contributed by atoms with Gasteiger partial charge in [-0.15, -0.1) is 0 Å². The second kappa shape index (κ2) is 9.09. The first-order chi connectivity index (χ1) is 14.6. The molecule has 1 aliphatic rings. The highest BCUT2D eigenvalue weighted by molar-refractivity contribution is 6.04. The van der Waals surface area contributed by atoms with Crippen LogP contribution in [0.4, 0.5) is 15.8 Å². The number of hydrogen-bond donors (Lipinski definition) is 1. The highest BCUT2D eigenvalue weighted by atomic mass is 19.1. The summed E-state index contributed by atoms with van der Waals surface area (Å²) < 4.78 is 13.9. The third-order valence-electron chi connectivity index (χ3n) is 5.53. The fraction of sp³-hybridized carbons (Fsp3) is 0.240. The largest absolute Gasteiger partial charge is 0.369 e. The summed E-state index contributed by atoms with van der Waals surface area (Å²) in [6.45, 7) is 6.21. The maximum absolute atomic E-state index is 13.9. The molecule has 30 heavy (non-hydrogen) atoms. The number of benzene rings is 3. The fourth-order valence-electron chi connectivity index (χ4n) is 3.70. The van der Waals surface area contributed by atoms with Crippen LogP contribution >= 0.6 is 0 Å². The summed E-state index contributed by atoms with van der Waals surface area (Å²) in [4.78, 5) is 17.0. The number of rotatable bonds is 5. The molecule has 4 nitrogen and oxygen atoms in total. The van der Waals surface area contributed by atoms with Gasteiger partial charge in [-0.05, 0) is 49.4 Å². The molecule has 4 rings (SSSR count). The molecule has 1 amide bonds. The summed E-state index contributed by atoms with van der Waals surface area (Å²) in [7, 11) is 0. The summed E-state index contributed by atoms with van der Waals surface area (Å²) in [5.74, 6) is -0.243. The second-order valence-electron chi connectivity index (χ2n) is 7.72. The smallest absolute Gasteiger partial charge is 0.255 e. The maximum atomic E-state index is 13.9. The van der Waals surface area contributed by atoms with E-state index in [0.29, 0.717) is 12.1 Å². The number of halogens is 1. The van der Waals surface area contributed by atoms with E-state index in [4.69, 9.17) is 0 Å². The molecule has 1 N–H and O–H groups in total. The van der Waals surface area contributed by atoms with Crippen LogP contribution in [0.25, 0.3) is 0 Å². The predicted octanol–water partition coefficient (Wildman–Crippen LogP) is 4.71. The van der Waals surface area contributed by atoms with Crippen molar-refractivity contribution in [2.45, 2.75) is 13.5 Å². The van der Waals surface area contributed by atoms with Gasteiger partial charge in [-0.25, -0.2) is 4.39 Å². The number of piperazine rings is 1. The van der Waals surface area contributed by atoms with Crippen LogP contribution in [0.5, 0.6) is 0 Å². The van der Waals surface area contributed by atoms with Gasteiger partial charge in [0.05, 0.1) is 0 Å². The van der Waals surface area contributed by atoms with E-state index in [1.54, 1.807) is 6.07 Å². The van der Waals surface area contributed by atoms with E-state index in [0.717, 1.165) is 48.7 Å². The minimum Gasteiger partial charge on any atom is -0.369 e. The molecule has 1 fully saturated rings. The highest BCUT2D eigenvalue weighted by Crippen LogP contribution is 2.21. The van der Waals surface area contributed by atoms with Crippen molar-refractivity contribution in [2.75, 3.05) is 36.4 Å². The molecule has 0 saturated carbocycles. The minimum atomic E-state index is -0.136. The van der Waals surface area contributed by atoms with E-state index in [1.807, 2.05) is 67.6 Å². The van der Waals surface area contributed by atoms with Crippen LogP contribution in [0.1, 0.15) is 21.5 Å². The Labute approximate surface area is 176 Å². The third kappa shape index (κ3) is 4.86. The van der Waals surface area contributed by atoms with Crippen molar-refractivity contribution in [1.82, 2.24) is 4.90 Å². The van der Waals surface area contributed by atoms with E-state index in [1.165, 1.54) is 6.07 Å². The molecule has 0 bridgehead atoms. The lowest BCUT2D eigenvalue weighted by Gasteiger charge is -2.36. The van der Waals surface area contributed by atoms with Crippen LogP contribution < -0.4 is 10.2 Å². The maximum Gasteiger partial charge on any atom is 0.255 e. The summed E-state index contributed by atoms with van der Waals surface area (Å²) >= 11 is 0. The van der Waals surface area contributed by atoms with E-state index >= 15 is 0 Å². The van der Waals surface area contributed by atoms with Crippen molar-refractivity contribution >= 4 is 17.3 Å². The summed E-state index contributed by atoms with van der Waals surface area (Å²) in [5, 5.41) is 2.95. The Morgan fingerprint density at radius 2 is 1.57 bits per heavy atom. The summed E-state index contributed by atoms with van der Waals surface area (Å²) in [6, 6.07) is 22.5. The zero-order valence-electron chi connectivity index (χ0n) is 17.1. The lowest BCUT2D eigenvalue weighted by molar-refractivity contribution is 0.102. The highest BCUT2D eigenvalue weighted by Gasteiger charge is 2.18. The van der Waals surface area contributed by atoms with Gasteiger partial charge in [0.2, 0.25) is 0 Å². The van der Waals surface area contributed by atoms with E-state index in [2.05, 4.69) is 15.1 Å². The molecule has 3 aromatic carbocycles. The topological polar surface area (TPSA) is 35.6 Å². The Hall–Kier alpha value is -3.18. The van der Waals surface area contributed by atoms with Gasteiger partial charge in [0.25, 0.3) is 5.91 Å². The molecule has 1 heterocycles. The average Bonchev–Trinajstić information content (AvgIpc) is 2.77. The summed E-state index contributed by atoms with van der Waals surface area (Å²) in [5.41, 5.74) is 4.44. The molecule has 5 heteroatoms. The van der Waals surface area contributed by atoms with Crippen molar-refractivity contribution in [3.63, 3.8) is 0 Å². The van der Waals surface area contributed by atoms with Gasteiger partial charge in [-0.1, -0.05) is 35.9 Å². The number of carbonyl (C=O) groups is 1. The van der Waals surface area contributed by atoms with Gasteiger partial charge in [0.1, 0.15) is 5.82 Å². The van der Waals surface area contributed by atoms with Crippen LogP contribution in [-0.2, 0) is 6.54 Å². The first-order valence-corrected chi connectivity index (χ1v) is 10.3. The van der Waals surface area contributed by atoms with Crippen molar-refractivity contribution in [2.24, 2.45) is 0 Å². The van der Waals surface area contributed by atoms with Gasteiger partial charge in [0.15, 0.2) is 0 Å². The van der Waals surface area contributed by atoms with Crippen LogP contribution in [0, 0.1) is 12.7 Å². The van der Waals surface area contributed by atoms with Gasteiger partial charge in [-0.3, -0.25) is 9.69 Å². The Morgan fingerprint density at radius 3 is 2.23 bits per heavy atom. The summed E-state index contributed by atoms with van der Waals surface area (Å²) in [6.07, 6.45) is 0. The molecule has 1 aliphatic heterocycles. The number of anilines is 2. The van der Waals surface area contributed by atoms with Crippen LogP contribution in [0.3, 0.4) is 0 Å². The van der Waals surface area contributed by atoms with Crippen molar-refractivity contribution < 1.29 is 9.18 Å². The number of aryl methyl sites for hydroxylation is 1. The monoisotopic (exact) mass is 403 g/mol. The van der Waals surface area contributed by atoms with Crippen LogP contribution in [-0.4, -0.2) is 37.0 Å². The van der Waals surface area contributed by atoms with Gasteiger partial charge >= 0.3 is 0 Å². The van der Waals surface area contributed by atoms with Crippen LogP contribution in [0.15, 0.2) is 72.8 Å². The third-order valence-corrected chi connectivity index (χ3v) is 5.53. The first-order valence-electron chi connectivity index (χ1n) is 10.3. The molecule has 0 spiro atoms. The number of hydrogen-bond acceptors (Lipinski definition) is 3. The number of amides is 1. The lowest BCUT2D eigenvalue weighted by Crippen LogP contribution is -2.46. The van der Waals surface area contributed by atoms with E-state index in [9.17, 15) is 9.18 Å². The molecule has 0 aromatic heterocycles. The Morgan fingerprint density at radius 1 is 0.900 bits per heavy atom. The molecule has 154 valence electrons. The standard InChI is InChI=1S/C25H26FN3O/c1-19-6-8-20(9-7-19)25(30)27-22-10-12-23(13-11-22)29-16-14-28(15-17-29)18-21-4-2-3-5-24(21)26/h2-13H,14-18H2,1H3,(H,27,30). The van der Waals surface area contributed by atoms with Crippen molar-refractivity contribution in [1.29, 1.82) is 0 Å². The molecule has 0 unspecified atom stereocenters. The SMILES string of the molecule is Cc1ccc(C(=O)Nc2ccc(N3CCN(Cc4ccccc4F)CC3)cc2)cc1. The molecule has 0 aliphatic carbocycles. The van der Waals surface area contributed by atoms with Crippen molar-refractivity contribution in [3.8, 4) is 0 Å². The molecular formula is C25H26FN3O. The zero-order chi connectivity index (χ0) is 20.9. The number of nitrogens with zero attached hydrogens (tertiary/aromatic N) is 2. The molecule has 3 aromatic rings. The Bertz CT molecular complexity index is 994. The number of nitrogens with one attached hydrogen (secondary N) is 1. The quantitative estimate of drug-likeness (QED) is 0.670. The van der Waals surface area contributed by atoms with Crippen molar-refractivity contribution in [3.05, 3.63) is 95.3 Å². The fourth-order valence-corrected chi connectivity index (χ4v) is 3.70. The van der Waals surface area contributed by atoms with Crippen LogP contribution in [0.2, 0.25) is 0 Å². The van der Waals surface area contributed by atoms with Gasteiger partial charge in [-0.2, -0.15) is 0 Å². The lowest BCUT2D eigenvalue weighted by atomic mass is 10.1. The van der Waals surface area contributed by atoms with E-state index < -0.39 is 0 Å². The predicted molar refractivity (Wildman–Crippen MR) is 119 cm³/mol.